The standard InChI is InChI=1S/C16H17NO/c18-16(14-8-12-7-13(12)9-14)11-3-4-15-10(6-11)2-1-5-17-15/h1-6,12-14,16,18H,7-9H2. The van der Waals surface area contributed by atoms with Crippen molar-refractivity contribution in [2.75, 3.05) is 0 Å². The van der Waals surface area contributed by atoms with Gasteiger partial charge in [0.25, 0.3) is 0 Å². The molecule has 18 heavy (non-hydrogen) atoms. The molecule has 0 amide bonds. The fourth-order valence-corrected chi connectivity index (χ4v) is 3.57. The van der Waals surface area contributed by atoms with Gasteiger partial charge in [-0.15, -0.1) is 0 Å². The number of aromatic nitrogens is 1. The number of rotatable bonds is 2. The van der Waals surface area contributed by atoms with Crippen LogP contribution in [0.5, 0.6) is 0 Å². The Kier molecular flexibility index (Phi) is 2.21. The van der Waals surface area contributed by atoms with Gasteiger partial charge >= 0.3 is 0 Å². The maximum atomic E-state index is 10.5. The Bertz CT molecular complexity index is 584. The highest BCUT2D eigenvalue weighted by Gasteiger charge is 2.47. The first-order valence-electron chi connectivity index (χ1n) is 6.84. The van der Waals surface area contributed by atoms with Crippen molar-refractivity contribution in [3.8, 4) is 0 Å². The number of aliphatic hydroxyl groups excluding tert-OH is 1. The summed E-state index contributed by atoms with van der Waals surface area (Å²) in [6.45, 7) is 0. The third-order valence-corrected chi connectivity index (χ3v) is 4.70. The van der Waals surface area contributed by atoms with Gasteiger partial charge in [-0.3, -0.25) is 4.98 Å². The van der Waals surface area contributed by atoms with Gasteiger partial charge in [0.2, 0.25) is 0 Å². The van der Waals surface area contributed by atoms with Gasteiger partial charge in [-0.05, 0) is 60.8 Å². The van der Waals surface area contributed by atoms with Gasteiger partial charge < -0.3 is 5.11 Å². The third-order valence-electron chi connectivity index (χ3n) is 4.70. The normalized spacial score (nSPS) is 31.3. The number of aliphatic hydroxyl groups is 1. The van der Waals surface area contributed by atoms with Crippen LogP contribution >= 0.6 is 0 Å². The number of benzene rings is 1. The molecule has 2 nitrogen and oxygen atoms in total. The van der Waals surface area contributed by atoms with Gasteiger partial charge in [0, 0.05) is 11.6 Å². The predicted molar refractivity (Wildman–Crippen MR) is 71.0 cm³/mol. The Morgan fingerprint density at radius 1 is 1.11 bits per heavy atom. The second-order valence-electron chi connectivity index (χ2n) is 5.89. The zero-order chi connectivity index (χ0) is 12.1. The summed E-state index contributed by atoms with van der Waals surface area (Å²) in [5.41, 5.74) is 2.06. The summed E-state index contributed by atoms with van der Waals surface area (Å²) in [5.74, 6) is 2.32. The van der Waals surface area contributed by atoms with Gasteiger partial charge in [-0.25, -0.2) is 0 Å². The van der Waals surface area contributed by atoms with Crippen LogP contribution in [0.4, 0.5) is 0 Å². The van der Waals surface area contributed by atoms with E-state index in [1.54, 1.807) is 0 Å². The molecule has 2 fully saturated rings. The highest BCUT2D eigenvalue weighted by atomic mass is 16.3. The number of hydrogen-bond acceptors (Lipinski definition) is 2. The third kappa shape index (κ3) is 1.64. The first kappa shape index (κ1) is 10.5. The van der Waals surface area contributed by atoms with E-state index in [1.165, 1.54) is 19.3 Å². The van der Waals surface area contributed by atoms with E-state index in [4.69, 9.17) is 0 Å². The average molecular weight is 239 g/mol. The zero-order valence-corrected chi connectivity index (χ0v) is 10.3. The lowest BCUT2D eigenvalue weighted by Crippen LogP contribution is -2.10. The molecule has 2 saturated carbocycles. The quantitative estimate of drug-likeness (QED) is 0.872. The molecule has 2 aliphatic rings. The molecule has 0 spiro atoms. The number of pyridine rings is 1. The fraction of sp³-hybridized carbons (Fsp3) is 0.438. The van der Waals surface area contributed by atoms with E-state index < -0.39 is 0 Å². The van der Waals surface area contributed by atoms with Crippen LogP contribution in [0.2, 0.25) is 0 Å². The van der Waals surface area contributed by atoms with Crippen molar-refractivity contribution in [3.63, 3.8) is 0 Å². The average Bonchev–Trinajstić information content (AvgIpc) is 3.04. The molecule has 1 aromatic heterocycles. The van der Waals surface area contributed by atoms with Crippen LogP contribution in [-0.4, -0.2) is 10.1 Å². The van der Waals surface area contributed by atoms with Crippen LogP contribution in [0.1, 0.15) is 30.9 Å². The Labute approximate surface area is 107 Å². The van der Waals surface area contributed by atoms with Crippen LogP contribution in [0.15, 0.2) is 36.5 Å². The number of hydrogen-bond donors (Lipinski definition) is 1. The molecule has 2 heteroatoms. The Hall–Kier alpha value is -1.41. The minimum absolute atomic E-state index is 0.289. The van der Waals surface area contributed by atoms with Crippen molar-refractivity contribution in [3.05, 3.63) is 42.1 Å². The molecule has 0 saturated heterocycles. The summed E-state index contributed by atoms with van der Waals surface area (Å²) in [6, 6.07) is 10.2. The molecule has 0 radical (unpaired) electrons. The lowest BCUT2D eigenvalue weighted by Gasteiger charge is -2.20. The first-order chi connectivity index (χ1) is 8.81. The Morgan fingerprint density at radius 3 is 2.78 bits per heavy atom. The van der Waals surface area contributed by atoms with Crippen molar-refractivity contribution < 1.29 is 5.11 Å². The maximum Gasteiger partial charge on any atom is 0.0818 e. The summed E-state index contributed by atoms with van der Waals surface area (Å²) >= 11 is 0. The lowest BCUT2D eigenvalue weighted by atomic mass is 9.91. The second kappa shape index (κ2) is 3.79. The van der Waals surface area contributed by atoms with Crippen LogP contribution in [-0.2, 0) is 0 Å². The Morgan fingerprint density at radius 2 is 1.94 bits per heavy atom. The SMILES string of the molecule is OC(c1ccc2ncccc2c1)C1CC2CC2C1. The second-order valence-corrected chi connectivity index (χ2v) is 5.89. The minimum atomic E-state index is -0.289. The lowest BCUT2D eigenvalue weighted by molar-refractivity contribution is 0.104. The summed E-state index contributed by atoms with van der Waals surface area (Å²) < 4.78 is 0. The minimum Gasteiger partial charge on any atom is -0.388 e. The summed E-state index contributed by atoms with van der Waals surface area (Å²) in [7, 11) is 0. The molecule has 3 atom stereocenters. The van der Waals surface area contributed by atoms with E-state index in [0.29, 0.717) is 5.92 Å². The molecule has 1 heterocycles. The molecule has 1 N–H and O–H groups in total. The van der Waals surface area contributed by atoms with Gasteiger partial charge in [0.15, 0.2) is 0 Å². The molecule has 0 aliphatic heterocycles. The molecular formula is C16H17NO. The van der Waals surface area contributed by atoms with E-state index in [9.17, 15) is 5.11 Å². The van der Waals surface area contributed by atoms with Crippen LogP contribution in [0.3, 0.4) is 0 Å². The molecule has 3 unspecified atom stereocenters. The van der Waals surface area contributed by atoms with Crippen LogP contribution < -0.4 is 0 Å². The van der Waals surface area contributed by atoms with Gasteiger partial charge in [0.1, 0.15) is 0 Å². The summed E-state index contributed by atoms with van der Waals surface area (Å²) in [5, 5.41) is 11.6. The van der Waals surface area contributed by atoms with E-state index >= 15 is 0 Å². The van der Waals surface area contributed by atoms with Crippen molar-refractivity contribution in [1.82, 2.24) is 4.98 Å². The fourth-order valence-electron chi connectivity index (χ4n) is 3.57. The molecule has 2 aliphatic carbocycles. The molecular weight excluding hydrogens is 222 g/mol. The predicted octanol–water partition coefficient (Wildman–Crippen LogP) is 3.31. The molecule has 1 aromatic carbocycles. The molecule has 4 rings (SSSR count). The largest absolute Gasteiger partial charge is 0.388 e. The maximum absolute atomic E-state index is 10.5. The van der Waals surface area contributed by atoms with Gasteiger partial charge in [-0.2, -0.15) is 0 Å². The summed E-state index contributed by atoms with van der Waals surface area (Å²) in [6.07, 6.45) is 5.36. The van der Waals surface area contributed by atoms with Crippen molar-refractivity contribution in [2.45, 2.75) is 25.4 Å². The molecule has 92 valence electrons. The van der Waals surface area contributed by atoms with Gasteiger partial charge in [-0.1, -0.05) is 12.1 Å². The Balaban J connectivity index is 1.65. The summed E-state index contributed by atoms with van der Waals surface area (Å²) in [4.78, 5) is 4.32. The zero-order valence-electron chi connectivity index (χ0n) is 10.3. The monoisotopic (exact) mass is 239 g/mol. The van der Waals surface area contributed by atoms with E-state index in [1.807, 2.05) is 24.4 Å². The smallest absolute Gasteiger partial charge is 0.0818 e. The van der Waals surface area contributed by atoms with Crippen LogP contribution in [0.25, 0.3) is 10.9 Å². The van der Waals surface area contributed by atoms with E-state index in [-0.39, 0.29) is 6.10 Å². The van der Waals surface area contributed by atoms with Crippen molar-refractivity contribution >= 4 is 10.9 Å². The van der Waals surface area contributed by atoms with Crippen molar-refractivity contribution in [1.29, 1.82) is 0 Å². The highest BCUT2D eigenvalue weighted by molar-refractivity contribution is 5.79. The van der Waals surface area contributed by atoms with E-state index in [2.05, 4.69) is 17.1 Å². The topological polar surface area (TPSA) is 33.1 Å². The van der Waals surface area contributed by atoms with Gasteiger partial charge in [0.05, 0.1) is 11.6 Å². The van der Waals surface area contributed by atoms with Crippen molar-refractivity contribution in [2.24, 2.45) is 17.8 Å². The van der Waals surface area contributed by atoms with E-state index in [0.717, 1.165) is 28.3 Å². The number of nitrogens with zero attached hydrogens (tertiary/aromatic N) is 1. The highest BCUT2D eigenvalue weighted by Crippen LogP contribution is 2.57. The van der Waals surface area contributed by atoms with Crippen LogP contribution in [0, 0.1) is 17.8 Å². The number of fused-ring (bicyclic) bond motifs is 2. The first-order valence-corrected chi connectivity index (χ1v) is 6.84. The molecule has 0 bridgehead atoms. The molecule has 2 aromatic rings.